The molecule has 0 bridgehead atoms. The maximum Gasteiger partial charge on any atom is 0.178 e. The summed E-state index contributed by atoms with van der Waals surface area (Å²) < 4.78 is 0. The lowest BCUT2D eigenvalue weighted by Gasteiger charge is -2.15. The number of hydrogen-bond acceptors (Lipinski definition) is 2. The van der Waals surface area contributed by atoms with Crippen molar-refractivity contribution < 1.29 is 19.4 Å². The number of rotatable bonds is 6. The molecule has 33 heavy (non-hydrogen) atoms. The first-order valence-electron chi connectivity index (χ1n) is 11.2. The fraction of sp³-hybridized carbons (Fsp3) is 0.103. The Hall–Kier alpha value is -3.86. The third-order valence-corrected chi connectivity index (χ3v) is 5.59. The Kier molecular flexibility index (Phi) is 7.54. The molecule has 0 atom stereocenters. The smallest absolute Gasteiger partial charge is 0.178 e. The molecule has 0 fully saturated rings. The van der Waals surface area contributed by atoms with Crippen molar-refractivity contribution in [3.05, 3.63) is 144 Å². The van der Waals surface area contributed by atoms with Crippen LogP contribution < -0.4 is 9.80 Å². The summed E-state index contributed by atoms with van der Waals surface area (Å²) in [5.74, 6) is 0.0704. The maximum absolute atomic E-state index is 11.2. The quantitative estimate of drug-likeness (QED) is 0.671. The summed E-state index contributed by atoms with van der Waals surface area (Å²) in [5, 5.41) is 0. The summed E-state index contributed by atoms with van der Waals surface area (Å²) in [7, 11) is 0. The molecule has 0 amide bonds. The first-order chi connectivity index (χ1) is 16.1. The topological polar surface area (TPSA) is 43.0 Å². The highest BCUT2D eigenvalue weighted by atomic mass is 16.1. The van der Waals surface area contributed by atoms with E-state index in [1.807, 2.05) is 36.5 Å². The van der Waals surface area contributed by atoms with Crippen molar-refractivity contribution in [2.45, 2.75) is 6.42 Å². The van der Waals surface area contributed by atoms with Gasteiger partial charge in [0.25, 0.3) is 0 Å². The van der Waals surface area contributed by atoms with Crippen LogP contribution in [0.5, 0.6) is 0 Å². The van der Waals surface area contributed by atoms with Crippen molar-refractivity contribution in [2.24, 2.45) is 0 Å². The van der Waals surface area contributed by atoms with Crippen LogP contribution in [0.1, 0.15) is 6.42 Å². The highest BCUT2D eigenvalue weighted by Crippen LogP contribution is 2.10. The van der Waals surface area contributed by atoms with E-state index >= 15 is 0 Å². The van der Waals surface area contributed by atoms with E-state index < -0.39 is 0 Å². The van der Waals surface area contributed by atoms with Gasteiger partial charge >= 0.3 is 0 Å². The third kappa shape index (κ3) is 7.07. The molecular formula is C29H28N2O2+2. The Morgan fingerprint density at radius 1 is 0.455 bits per heavy atom. The van der Waals surface area contributed by atoms with E-state index in [2.05, 4.69) is 61.3 Å². The van der Waals surface area contributed by atoms with Gasteiger partial charge in [0.05, 0.1) is 37.9 Å². The molecule has 0 saturated carbocycles. The Balaban J connectivity index is 1.19. The summed E-state index contributed by atoms with van der Waals surface area (Å²) in [6.07, 6.45) is 40.3. The molecule has 0 radical (unpaired) electrons. The second-order valence-electron chi connectivity index (χ2n) is 8.14. The molecule has 2 heterocycles. The molecule has 2 aliphatic carbocycles. The normalized spacial score (nSPS) is 23.0. The first-order valence-corrected chi connectivity index (χ1v) is 11.2. The van der Waals surface area contributed by atoms with Crippen LogP contribution >= 0.6 is 0 Å². The lowest BCUT2D eigenvalue weighted by molar-refractivity contribution is -0.813. The van der Waals surface area contributed by atoms with E-state index in [0.29, 0.717) is 0 Å². The van der Waals surface area contributed by atoms with E-state index in [4.69, 9.17) is 0 Å². The van der Waals surface area contributed by atoms with Gasteiger partial charge in [0, 0.05) is 6.42 Å². The predicted molar refractivity (Wildman–Crippen MR) is 132 cm³/mol. The second kappa shape index (κ2) is 11.1. The Morgan fingerprint density at radius 3 is 1.09 bits per heavy atom. The van der Waals surface area contributed by atoms with Crippen LogP contribution in [0, 0.1) is 0 Å². The molecule has 0 spiro atoms. The van der Waals surface area contributed by atoms with Crippen molar-refractivity contribution in [1.82, 2.24) is 0 Å². The van der Waals surface area contributed by atoms with Gasteiger partial charge in [-0.15, -0.1) is 0 Å². The highest BCUT2D eigenvalue weighted by molar-refractivity contribution is 6.01. The van der Waals surface area contributed by atoms with Gasteiger partial charge in [-0.25, -0.2) is 0 Å². The number of quaternary nitrogens is 2. The van der Waals surface area contributed by atoms with Crippen LogP contribution in [0.2, 0.25) is 0 Å². The van der Waals surface area contributed by atoms with Crippen LogP contribution in [0.15, 0.2) is 144 Å². The molecule has 0 unspecified atom stereocenters. The SMILES string of the molecule is O=C1C=CC(=CC=C2C=C[NH+](CCC[NH+]3C=CC(=CC=C4C=CC(=O)C=C4)C=C3)C=C2)C=C1. The molecule has 4 rings (SSSR count). The van der Waals surface area contributed by atoms with E-state index in [0.717, 1.165) is 41.8 Å². The molecule has 2 N–H and O–H groups in total. The molecule has 0 aromatic carbocycles. The minimum absolute atomic E-state index is 0.0352. The van der Waals surface area contributed by atoms with Crippen LogP contribution in [0.3, 0.4) is 0 Å². The van der Waals surface area contributed by atoms with Gasteiger partial charge in [-0.05, 0) is 70.9 Å². The van der Waals surface area contributed by atoms with Crippen molar-refractivity contribution in [1.29, 1.82) is 0 Å². The first kappa shape index (κ1) is 22.3. The van der Waals surface area contributed by atoms with Gasteiger partial charge in [0.15, 0.2) is 11.6 Å². The van der Waals surface area contributed by atoms with Crippen molar-refractivity contribution >= 4 is 11.6 Å². The monoisotopic (exact) mass is 436 g/mol. The van der Waals surface area contributed by atoms with E-state index in [1.54, 1.807) is 24.3 Å². The zero-order valence-electron chi connectivity index (χ0n) is 18.5. The number of allylic oxidation sites excluding steroid dienone is 20. The Morgan fingerprint density at radius 2 is 0.758 bits per heavy atom. The Labute approximate surface area is 195 Å². The molecule has 0 saturated heterocycles. The third-order valence-electron chi connectivity index (χ3n) is 5.59. The minimum Gasteiger partial charge on any atom is -0.290 e. The average Bonchev–Trinajstić information content (AvgIpc) is 2.85. The van der Waals surface area contributed by atoms with Crippen LogP contribution in [0.25, 0.3) is 0 Å². The van der Waals surface area contributed by atoms with Gasteiger partial charge in [0.2, 0.25) is 0 Å². The van der Waals surface area contributed by atoms with Crippen molar-refractivity contribution in [2.75, 3.05) is 13.1 Å². The molecule has 4 heteroatoms. The van der Waals surface area contributed by atoms with E-state index in [-0.39, 0.29) is 11.6 Å². The van der Waals surface area contributed by atoms with E-state index in [9.17, 15) is 9.59 Å². The van der Waals surface area contributed by atoms with Crippen LogP contribution in [-0.4, -0.2) is 24.7 Å². The zero-order valence-corrected chi connectivity index (χ0v) is 18.5. The number of carbonyl (C=O) groups excluding carboxylic acids is 2. The van der Waals surface area contributed by atoms with Gasteiger partial charge in [-0.3, -0.25) is 19.4 Å². The largest absolute Gasteiger partial charge is 0.290 e. The number of carbonyl (C=O) groups is 2. The van der Waals surface area contributed by atoms with Crippen molar-refractivity contribution in [3.63, 3.8) is 0 Å². The van der Waals surface area contributed by atoms with Gasteiger partial charge < -0.3 is 0 Å². The molecular weight excluding hydrogens is 408 g/mol. The minimum atomic E-state index is 0.0352. The molecule has 2 aliphatic heterocycles. The molecule has 0 aromatic heterocycles. The van der Waals surface area contributed by atoms with Gasteiger partial charge in [-0.2, -0.15) is 0 Å². The van der Waals surface area contributed by atoms with Crippen molar-refractivity contribution in [3.8, 4) is 0 Å². The summed E-state index contributed by atoms with van der Waals surface area (Å²) in [6, 6.07) is 0. The second-order valence-corrected chi connectivity index (χ2v) is 8.14. The lowest BCUT2D eigenvalue weighted by atomic mass is 10.1. The van der Waals surface area contributed by atoms with Gasteiger partial charge in [0.1, 0.15) is 0 Å². The highest BCUT2D eigenvalue weighted by Gasteiger charge is 2.10. The molecule has 4 nitrogen and oxygen atoms in total. The fourth-order valence-electron chi connectivity index (χ4n) is 3.63. The molecule has 0 aromatic rings. The Bertz CT molecular complexity index is 1010. The number of hydrogen-bond donors (Lipinski definition) is 2. The van der Waals surface area contributed by atoms with Crippen LogP contribution in [-0.2, 0) is 9.59 Å². The summed E-state index contributed by atoms with van der Waals surface area (Å²) >= 11 is 0. The number of nitrogens with one attached hydrogen (secondary N) is 2. The predicted octanol–water partition coefficient (Wildman–Crippen LogP) is 2.32. The average molecular weight is 437 g/mol. The fourth-order valence-corrected chi connectivity index (χ4v) is 3.63. The molecule has 4 aliphatic rings. The van der Waals surface area contributed by atoms with E-state index in [1.165, 1.54) is 9.80 Å². The van der Waals surface area contributed by atoms with Gasteiger partial charge in [-0.1, -0.05) is 48.6 Å². The maximum atomic E-state index is 11.2. The molecule has 164 valence electrons. The zero-order chi connectivity index (χ0) is 22.9. The standard InChI is InChI=1S/C29H26N2O2/c32-28-10-6-24(7-11-28)2-4-26-14-20-30(21-15-26)18-1-19-31-22-16-27(17-23-31)5-3-25-8-12-29(33)13-9-25/h2-17,20-23H,1,18-19H2/p+2. The van der Waals surface area contributed by atoms with Crippen LogP contribution in [0.4, 0.5) is 0 Å². The number of ketones is 2. The summed E-state index contributed by atoms with van der Waals surface area (Å²) in [4.78, 5) is 25.0. The summed E-state index contributed by atoms with van der Waals surface area (Å²) in [6.45, 7) is 2.10. The summed E-state index contributed by atoms with van der Waals surface area (Å²) in [5.41, 5.74) is 4.35. The lowest BCUT2D eigenvalue weighted by Crippen LogP contribution is -3.06.